The molecule has 4 nitrogen and oxygen atoms in total. The van der Waals surface area contributed by atoms with E-state index in [1.54, 1.807) is 0 Å². The van der Waals surface area contributed by atoms with Gasteiger partial charge in [0.15, 0.2) is 0 Å². The molecule has 1 aliphatic heterocycles. The van der Waals surface area contributed by atoms with E-state index in [0.717, 1.165) is 38.5 Å². The van der Waals surface area contributed by atoms with Gasteiger partial charge in [-0.3, -0.25) is 9.59 Å². The average molecular weight is 312 g/mol. The Balaban J connectivity index is 2.02. The van der Waals surface area contributed by atoms with E-state index >= 15 is 0 Å². The van der Waals surface area contributed by atoms with E-state index in [4.69, 9.17) is 4.74 Å². The van der Waals surface area contributed by atoms with Gasteiger partial charge in [0.05, 0.1) is 13.0 Å². The maximum absolute atomic E-state index is 11.9. The summed E-state index contributed by atoms with van der Waals surface area (Å²) in [5.74, 6) is -0.0763. The number of rotatable bonds is 9. The lowest BCUT2D eigenvalue weighted by Crippen LogP contribution is -2.24. The molecular formula is C18H32O4. The van der Waals surface area contributed by atoms with Crippen LogP contribution in [0.5, 0.6) is 0 Å². The van der Waals surface area contributed by atoms with Gasteiger partial charge in [0.1, 0.15) is 6.10 Å². The zero-order chi connectivity index (χ0) is 16.6. The highest BCUT2D eigenvalue weighted by Crippen LogP contribution is 2.37. The van der Waals surface area contributed by atoms with Crippen molar-refractivity contribution >= 4 is 11.9 Å². The van der Waals surface area contributed by atoms with Crippen LogP contribution in [0.4, 0.5) is 0 Å². The van der Waals surface area contributed by atoms with Gasteiger partial charge in [-0.2, -0.15) is 0 Å². The SMILES string of the molecule is COC(=O)CCCCCCCCC1CC(C(C)(C)C)C(=O)O1. The first-order valence-electron chi connectivity index (χ1n) is 8.62. The Morgan fingerprint density at radius 3 is 2.27 bits per heavy atom. The minimum atomic E-state index is -0.114. The zero-order valence-corrected chi connectivity index (χ0v) is 14.7. The second-order valence-electron chi connectivity index (χ2n) is 7.45. The molecule has 2 atom stereocenters. The third-order valence-electron chi connectivity index (χ3n) is 4.50. The highest BCUT2D eigenvalue weighted by atomic mass is 16.6. The zero-order valence-electron chi connectivity index (χ0n) is 14.7. The minimum Gasteiger partial charge on any atom is -0.469 e. The Bertz CT molecular complexity index is 357. The summed E-state index contributed by atoms with van der Waals surface area (Å²) in [5.41, 5.74) is 0.00543. The van der Waals surface area contributed by atoms with Crippen LogP contribution >= 0.6 is 0 Å². The lowest BCUT2D eigenvalue weighted by atomic mass is 9.79. The fourth-order valence-electron chi connectivity index (χ4n) is 2.99. The van der Waals surface area contributed by atoms with Crippen LogP contribution in [0.15, 0.2) is 0 Å². The number of hydrogen-bond donors (Lipinski definition) is 0. The maximum Gasteiger partial charge on any atom is 0.309 e. The molecule has 0 bridgehead atoms. The molecule has 0 aromatic heterocycles. The molecule has 2 unspecified atom stereocenters. The number of ether oxygens (including phenoxy) is 2. The summed E-state index contributed by atoms with van der Waals surface area (Å²) in [6.45, 7) is 6.32. The number of hydrogen-bond acceptors (Lipinski definition) is 4. The molecule has 0 spiro atoms. The molecule has 0 amide bonds. The number of cyclic esters (lactones) is 1. The van der Waals surface area contributed by atoms with Crippen molar-refractivity contribution in [2.45, 2.75) is 84.7 Å². The second-order valence-corrected chi connectivity index (χ2v) is 7.45. The molecule has 0 aromatic carbocycles. The second kappa shape index (κ2) is 9.16. The molecule has 0 N–H and O–H groups in total. The van der Waals surface area contributed by atoms with E-state index in [2.05, 4.69) is 25.5 Å². The summed E-state index contributed by atoms with van der Waals surface area (Å²) in [5, 5.41) is 0. The van der Waals surface area contributed by atoms with Crippen molar-refractivity contribution in [1.29, 1.82) is 0 Å². The smallest absolute Gasteiger partial charge is 0.309 e. The number of carbonyl (C=O) groups excluding carboxylic acids is 2. The molecule has 1 aliphatic rings. The molecule has 0 radical (unpaired) electrons. The van der Waals surface area contributed by atoms with Crippen molar-refractivity contribution in [3.8, 4) is 0 Å². The van der Waals surface area contributed by atoms with Crippen LogP contribution in [0.25, 0.3) is 0 Å². The quantitative estimate of drug-likeness (QED) is 0.471. The summed E-state index contributed by atoms with van der Waals surface area (Å²) in [4.78, 5) is 22.8. The standard InChI is InChI=1S/C18H32O4/c1-18(2,3)15-13-14(22-17(15)20)11-9-7-5-6-8-10-12-16(19)21-4/h14-15H,5-13H2,1-4H3. The largest absolute Gasteiger partial charge is 0.469 e. The van der Waals surface area contributed by atoms with E-state index < -0.39 is 0 Å². The molecule has 4 heteroatoms. The van der Waals surface area contributed by atoms with Gasteiger partial charge in [-0.25, -0.2) is 0 Å². The Kier molecular flexibility index (Phi) is 7.91. The van der Waals surface area contributed by atoms with Gasteiger partial charge >= 0.3 is 11.9 Å². The summed E-state index contributed by atoms with van der Waals surface area (Å²) in [7, 11) is 1.43. The van der Waals surface area contributed by atoms with Crippen molar-refractivity contribution in [2.75, 3.05) is 7.11 Å². The first-order valence-corrected chi connectivity index (χ1v) is 8.62. The Morgan fingerprint density at radius 2 is 1.73 bits per heavy atom. The number of carbonyl (C=O) groups is 2. The lowest BCUT2D eigenvalue weighted by Gasteiger charge is -2.22. The van der Waals surface area contributed by atoms with Crippen LogP contribution in [0.2, 0.25) is 0 Å². The maximum atomic E-state index is 11.9. The number of unbranched alkanes of at least 4 members (excludes halogenated alkanes) is 5. The van der Waals surface area contributed by atoms with Crippen LogP contribution in [-0.4, -0.2) is 25.2 Å². The van der Waals surface area contributed by atoms with Crippen LogP contribution in [-0.2, 0) is 19.1 Å². The molecule has 0 aliphatic carbocycles. The highest BCUT2D eigenvalue weighted by molar-refractivity contribution is 5.75. The van der Waals surface area contributed by atoms with Gasteiger partial charge in [0, 0.05) is 6.42 Å². The van der Waals surface area contributed by atoms with Crippen molar-refractivity contribution in [3.05, 3.63) is 0 Å². The molecule has 1 fully saturated rings. The van der Waals surface area contributed by atoms with Crippen molar-refractivity contribution in [3.63, 3.8) is 0 Å². The van der Waals surface area contributed by atoms with Crippen molar-refractivity contribution in [1.82, 2.24) is 0 Å². The van der Waals surface area contributed by atoms with Gasteiger partial charge in [0.2, 0.25) is 0 Å². The van der Waals surface area contributed by atoms with Crippen molar-refractivity contribution < 1.29 is 19.1 Å². The highest BCUT2D eigenvalue weighted by Gasteiger charge is 2.41. The summed E-state index contributed by atoms with van der Waals surface area (Å²) in [6, 6.07) is 0. The molecule has 0 saturated carbocycles. The van der Waals surface area contributed by atoms with Gasteiger partial charge in [-0.05, 0) is 31.1 Å². The predicted octanol–water partition coefficient (Wildman–Crippen LogP) is 4.26. The van der Waals surface area contributed by atoms with Gasteiger partial charge in [-0.1, -0.05) is 46.5 Å². The monoisotopic (exact) mass is 312 g/mol. The van der Waals surface area contributed by atoms with E-state index in [0.29, 0.717) is 6.42 Å². The fourth-order valence-corrected chi connectivity index (χ4v) is 2.99. The van der Waals surface area contributed by atoms with E-state index in [1.165, 1.54) is 20.0 Å². The Labute approximate surface area is 134 Å². The van der Waals surface area contributed by atoms with Crippen LogP contribution in [0, 0.1) is 11.3 Å². The summed E-state index contributed by atoms with van der Waals surface area (Å²) >= 11 is 0. The van der Waals surface area contributed by atoms with Crippen molar-refractivity contribution in [2.24, 2.45) is 11.3 Å². The topological polar surface area (TPSA) is 52.6 Å². The van der Waals surface area contributed by atoms with Crippen LogP contribution in [0.1, 0.15) is 78.6 Å². The normalized spacial score (nSPS) is 21.7. The molecular weight excluding hydrogens is 280 g/mol. The molecule has 128 valence electrons. The lowest BCUT2D eigenvalue weighted by molar-refractivity contribution is -0.146. The summed E-state index contributed by atoms with van der Waals surface area (Å²) in [6.07, 6.45) is 9.15. The van der Waals surface area contributed by atoms with Crippen LogP contribution < -0.4 is 0 Å². The fraction of sp³-hybridized carbons (Fsp3) is 0.889. The molecule has 1 rings (SSSR count). The molecule has 1 heterocycles. The Morgan fingerprint density at radius 1 is 1.14 bits per heavy atom. The molecule has 0 aromatic rings. The predicted molar refractivity (Wildman–Crippen MR) is 86.4 cm³/mol. The first kappa shape index (κ1) is 19.0. The molecule has 22 heavy (non-hydrogen) atoms. The third kappa shape index (κ3) is 6.80. The number of esters is 2. The van der Waals surface area contributed by atoms with E-state index in [1.807, 2.05) is 0 Å². The van der Waals surface area contributed by atoms with Gasteiger partial charge in [0.25, 0.3) is 0 Å². The Hall–Kier alpha value is -1.06. The summed E-state index contributed by atoms with van der Waals surface area (Å²) < 4.78 is 10.1. The van der Waals surface area contributed by atoms with Crippen LogP contribution in [0.3, 0.4) is 0 Å². The van der Waals surface area contributed by atoms with Gasteiger partial charge in [-0.15, -0.1) is 0 Å². The first-order chi connectivity index (χ1) is 10.3. The average Bonchev–Trinajstić information content (AvgIpc) is 2.82. The van der Waals surface area contributed by atoms with Gasteiger partial charge < -0.3 is 9.47 Å². The minimum absolute atomic E-state index is 0.00543. The van der Waals surface area contributed by atoms with E-state index in [9.17, 15) is 9.59 Å². The third-order valence-corrected chi connectivity index (χ3v) is 4.50. The van der Waals surface area contributed by atoms with E-state index in [-0.39, 0.29) is 29.4 Å². The number of methoxy groups -OCH3 is 1. The molecule has 1 saturated heterocycles.